The van der Waals surface area contributed by atoms with E-state index in [2.05, 4.69) is 10.2 Å². The van der Waals surface area contributed by atoms with Gasteiger partial charge in [0, 0.05) is 12.6 Å². The van der Waals surface area contributed by atoms with Crippen molar-refractivity contribution >= 4 is 23.0 Å². The molecule has 0 unspecified atom stereocenters. The number of piperidine rings is 1. The van der Waals surface area contributed by atoms with Gasteiger partial charge in [-0.1, -0.05) is 31.4 Å². The third-order valence-electron chi connectivity index (χ3n) is 7.72. The van der Waals surface area contributed by atoms with Crippen LogP contribution in [0.4, 0.5) is 4.79 Å². The first-order valence-corrected chi connectivity index (χ1v) is 13.5. The fourth-order valence-corrected chi connectivity index (χ4v) is 5.90. The molecule has 1 aromatic heterocycles. The van der Waals surface area contributed by atoms with Gasteiger partial charge in [-0.3, -0.25) is 14.3 Å². The molecule has 2 aromatic rings. The number of hydrogen-bond acceptors (Lipinski definition) is 5. The summed E-state index contributed by atoms with van der Waals surface area (Å²) < 4.78 is 8.80. The van der Waals surface area contributed by atoms with Crippen LogP contribution in [-0.2, 0) is 9.53 Å². The maximum absolute atomic E-state index is 13.3. The molecule has 0 spiro atoms. The summed E-state index contributed by atoms with van der Waals surface area (Å²) in [6, 6.07) is 6.99. The van der Waals surface area contributed by atoms with Crippen molar-refractivity contribution in [3.8, 4) is 0 Å². The molecule has 0 bridgehead atoms. The van der Waals surface area contributed by atoms with Crippen molar-refractivity contribution in [1.82, 2.24) is 19.4 Å². The van der Waals surface area contributed by atoms with Gasteiger partial charge in [0.2, 0.25) is 0 Å². The second-order valence-corrected chi connectivity index (χ2v) is 11.8. The fraction of sp³-hybridized carbons (Fsp3) is 0.679. The van der Waals surface area contributed by atoms with Crippen LogP contribution in [0.2, 0.25) is 0 Å². The lowest BCUT2D eigenvalue weighted by Crippen LogP contribution is -2.59. The number of esters is 1. The Hall–Kier alpha value is -2.61. The summed E-state index contributed by atoms with van der Waals surface area (Å²) in [7, 11) is 0. The quantitative estimate of drug-likeness (QED) is 0.604. The largest absolute Gasteiger partial charge is 0.459 e. The van der Waals surface area contributed by atoms with E-state index in [1.807, 2.05) is 58.9 Å². The third kappa shape index (κ3) is 5.24. The highest BCUT2D eigenvalue weighted by Gasteiger charge is 2.48. The number of carbonyl (C=O) groups excluding carboxylic acids is 2. The normalized spacial score (nSPS) is 19.5. The van der Waals surface area contributed by atoms with Crippen LogP contribution < -0.4 is 11.0 Å². The molecule has 4 rings (SSSR count). The van der Waals surface area contributed by atoms with Crippen LogP contribution >= 0.6 is 0 Å². The van der Waals surface area contributed by atoms with Crippen molar-refractivity contribution in [3.05, 3.63) is 34.7 Å². The Morgan fingerprint density at radius 2 is 1.67 bits per heavy atom. The van der Waals surface area contributed by atoms with Crippen LogP contribution in [0.1, 0.15) is 85.6 Å². The molecule has 1 N–H and O–H groups in total. The van der Waals surface area contributed by atoms with Crippen molar-refractivity contribution in [2.24, 2.45) is 5.92 Å². The maximum atomic E-state index is 13.3. The predicted molar refractivity (Wildman–Crippen MR) is 141 cm³/mol. The van der Waals surface area contributed by atoms with E-state index in [1.54, 1.807) is 4.57 Å². The fourth-order valence-electron chi connectivity index (χ4n) is 5.90. The van der Waals surface area contributed by atoms with Crippen LogP contribution in [0, 0.1) is 5.92 Å². The van der Waals surface area contributed by atoms with Crippen LogP contribution in [0.5, 0.6) is 0 Å². The number of nitrogens with zero attached hydrogens (tertiary/aromatic N) is 3. The number of benzene rings is 1. The number of amides is 1. The smallest absolute Gasteiger partial charge is 0.337 e. The Bertz CT molecular complexity index is 1140. The van der Waals surface area contributed by atoms with Crippen molar-refractivity contribution < 1.29 is 14.3 Å². The van der Waals surface area contributed by atoms with Gasteiger partial charge in [-0.15, -0.1) is 0 Å². The molecule has 36 heavy (non-hydrogen) atoms. The van der Waals surface area contributed by atoms with E-state index in [1.165, 1.54) is 11.0 Å². The number of imidazole rings is 1. The number of para-hydroxylation sites is 2. The minimum absolute atomic E-state index is 0.0436. The van der Waals surface area contributed by atoms with Crippen molar-refractivity contribution in [2.45, 2.75) is 96.7 Å². The van der Waals surface area contributed by atoms with E-state index < -0.39 is 11.1 Å². The Kier molecular flexibility index (Phi) is 7.64. The number of likely N-dealkylation sites (tertiary alicyclic amines) is 1. The Balaban J connectivity index is 1.41. The number of rotatable bonds is 5. The molecule has 0 radical (unpaired) electrons. The lowest BCUT2D eigenvalue weighted by molar-refractivity contribution is -0.174. The number of carbonyl (C=O) groups is 2. The summed E-state index contributed by atoms with van der Waals surface area (Å²) >= 11 is 0. The molecule has 198 valence electrons. The zero-order chi connectivity index (χ0) is 26.1. The van der Waals surface area contributed by atoms with E-state index in [0.717, 1.165) is 57.1 Å². The van der Waals surface area contributed by atoms with Gasteiger partial charge in [0.05, 0.1) is 11.0 Å². The summed E-state index contributed by atoms with van der Waals surface area (Å²) in [4.78, 5) is 41.8. The zero-order valence-corrected chi connectivity index (χ0v) is 22.5. The van der Waals surface area contributed by atoms with E-state index in [-0.39, 0.29) is 23.7 Å². The second kappa shape index (κ2) is 10.4. The van der Waals surface area contributed by atoms with Crippen LogP contribution in [0.3, 0.4) is 0 Å². The minimum Gasteiger partial charge on any atom is -0.459 e. The molecule has 1 aliphatic heterocycles. The molecule has 2 heterocycles. The third-order valence-corrected chi connectivity index (χ3v) is 7.72. The Morgan fingerprint density at radius 1 is 1.06 bits per heavy atom. The second-order valence-electron chi connectivity index (χ2n) is 11.8. The van der Waals surface area contributed by atoms with Crippen molar-refractivity contribution in [1.29, 1.82) is 0 Å². The molecule has 1 saturated heterocycles. The highest BCUT2D eigenvalue weighted by atomic mass is 16.6. The number of aromatic nitrogens is 2. The molecule has 1 saturated carbocycles. The molecule has 0 atom stereocenters. The average Bonchev–Trinajstić information content (AvgIpc) is 3.14. The van der Waals surface area contributed by atoms with E-state index in [9.17, 15) is 14.4 Å². The summed E-state index contributed by atoms with van der Waals surface area (Å²) in [5, 5.41) is 3.01. The zero-order valence-electron chi connectivity index (χ0n) is 22.5. The standard InChI is InChI=1S/C28H42N4O4/c1-20(2)31-22-11-7-8-12-23(22)32(26(31)35)25(34)29-19-21-13-17-30(18-14-21)28(15-9-6-10-16-28)24(33)36-27(3,4)5/h7-8,11-12,20-21H,6,9-10,13-19H2,1-5H3,(H,29,34). The molecular formula is C28H42N4O4. The number of nitrogens with one attached hydrogen (secondary N) is 1. The SMILES string of the molecule is CC(C)n1c(=O)n(C(=O)NCC2CCN(C3(C(=O)OC(C)(C)C)CCCCC3)CC2)c2ccccc21. The molecule has 1 amide bonds. The molecule has 8 nitrogen and oxygen atoms in total. The highest BCUT2D eigenvalue weighted by Crippen LogP contribution is 2.38. The lowest BCUT2D eigenvalue weighted by atomic mass is 9.78. The van der Waals surface area contributed by atoms with E-state index >= 15 is 0 Å². The van der Waals surface area contributed by atoms with Gasteiger partial charge in [-0.25, -0.2) is 14.2 Å². The first-order chi connectivity index (χ1) is 17.0. The summed E-state index contributed by atoms with van der Waals surface area (Å²) in [5.41, 5.74) is 0.0586. The monoisotopic (exact) mass is 498 g/mol. The average molecular weight is 499 g/mol. The van der Waals surface area contributed by atoms with Crippen molar-refractivity contribution in [3.63, 3.8) is 0 Å². The maximum Gasteiger partial charge on any atom is 0.337 e. The van der Waals surface area contributed by atoms with Crippen molar-refractivity contribution in [2.75, 3.05) is 19.6 Å². The Labute approximate surface area is 214 Å². The number of hydrogen-bond donors (Lipinski definition) is 1. The number of ether oxygens (including phenoxy) is 1. The minimum atomic E-state index is -0.522. The first-order valence-electron chi connectivity index (χ1n) is 13.5. The van der Waals surface area contributed by atoms with Gasteiger partial charge in [0.15, 0.2) is 0 Å². The molecular weight excluding hydrogens is 456 g/mol. The molecule has 2 fully saturated rings. The van der Waals surface area contributed by atoms with Crippen LogP contribution in [0.25, 0.3) is 11.0 Å². The summed E-state index contributed by atoms with van der Waals surface area (Å²) in [6.45, 7) is 11.8. The lowest BCUT2D eigenvalue weighted by Gasteiger charge is -2.48. The highest BCUT2D eigenvalue weighted by molar-refractivity contribution is 5.89. The summed E-state index contributed by atoms with van der Waals surface area (Å²) in [5.74, 6) is 0.223. The molecule has 1 aromatic carbocycles. The van der Waals surface area contributed by atoms with Gasteiger partial charge < -0.3 is 10.1 Å². The topological polar surface area (TPSA) is 85.6 Å². The van der Waals surface area contributed by atoms with Gasteiger partial charge >= 0.3 is 17.7 Å². The van der Waals surface area contributed by atoms with Gasteiger partial charge in [-0.2, -0.15) is 0 Å². The van der Waals surface area contributed by atoms with Gasteiger partial charge in [-0.05, 0) is 91.4 Å². The van der Waals surface area contributed by atoms with Crippen LogP contribution in [0.15, 0.2) is 29.1 Å². The van der Waals surface area contributed by atoms with E-state index in [0.29, 0.717) is 18.0 Å². The van der Waals surface area contributed by atoms with Gasteiger partial charge in [0.1, 0.15) is 11.1 Å². The molecule has 8 heteroatoms. The number of fused-ring (bicyclic) bond motifs is 1. The van der Waals surface area contributed by atoms with Crippen LogP contribution in [-0.4, -0.2) is 56.8 Å². The molecule has 1 aliphatic carbocycles. The van der Waals surface area contributed by atoms with E-state index in [4.69, 9.17) is 4.74 Å². The molecule has 2 aliphatic rings. The summed E-state index contributed by atoms with van der Waals surface area (Å²) in [6.07, 6.45) is 6.76. The van der Waals surface area contributed by atoms with Gasteiger partial charge in [0.25, 0.3) is 0 Å². The first kappa shape index (κ1) is 26.5. The Morgan fingerprint density at radius 3 is 2.25 bits per heavy atom. The predicted octanol–water partition coefficient (Wildman–Crippen LogP) is 4.70.